The monoisotopic (exact) mass is 442 g/mol. The zero-order valence-electron chi connectivity index (χ0n) is 17.2. The summed E-state index contributed by atoms with van der Waals surface area (Å²) in [6.07, 6.45) is 1.38. The molecule has 0 atom stereocenters. The van der Waals surface area contributed by atoms with Crippen LogP contribution in [-0.4, -0.2) is 41.7 Å². The Hall–Kier alpha value is -3.17. The molecule has 2 aromatic carbocycles. The molecule has 3 aromatic rings. The average molecular weight is 443 g/mol. The van der Waals surface area contributed by atoms with Gasteiger partial charge < -0.3 is 5.32 Å². The number of sulfonamides is 1. The predicted octanol–water partition coefficient (Wildman–Crippen LogP) is 3.24. The Labute approximate surface area is 181 Å². The van der Waals surface area contributed by atoms with Crippen molar-refractivity contribution in [1.29, 1.82) is 0 Å². The van der Waals surface area contributed by atoms with Gasteiger partial charge in [0.1, 0.15) is 12.1 Å². The van der Waals surface area contributed by atoms with Crippen molar-refractivity contribution in [2.75, 3.05) is 13.1 Å². The molecular weight excluding hydrogens is 419 g/mol. The maximum absolute atomic E-state index is 13.1. The molecule has 1 N–H and O–H groups in total. The molecule has 1 aromatic heterocycles. The number of carbonyl (C=O) groups is 1. The van der Waals surface area contributed by atoms with E-state index < -0.39 is 10.0 Å². The number of carbonyl (C=O) groups excluding carboxylic acids is 1. The maximum Gasteiger partial charge on any atom is 0.251 e. The van der Waals surface area contributed by atoms with Gasteiger partial charge in [-0.2, -0.15) is 4.31 Å². The van der Waals surface area contributed by atoms with Crippen molar-refractivity contribution in [3.8, 4) is 11.3 Å². The molecule has 0 aliphatic carbocycles. The minimum absolute atomic E-state index is 0.146. The van der Waals surface area contributed by atoms with E-state index in [1.165, 1.54) is 47.0 Å². The number of halogens is 1. The summed E-state index contributed by atoms with van der Waals surface area (Å²) in [7, 11) is -3.57. The van der Waals surface area contributed by atoms with Gasteiger partial charge in [0.15, 0.2) is 0 Å². The average Bonchev–Trinajstić information content (AvgIpc) is 2.79. The lowest BCUT2D eigenvalue weighted by Gasteiger charge is -2.18. The highest BCUT2D eigenvalue weighted by atomic mass is 32.2. The highest BCUT2D eigenvalue weighted by Gasteiger charge is 2.21. The van der Waals surface area contributed by atoms with Crippen LogP contribution in [0.25, 0.3) is 11.3 Å². The minimum Gasteiger partial charge on any atom is -0.346 e. The lowest BCUT2D eigenvalue weighted by Crippen LogP contribution is -2.30. The fourth-order valence-corrected chi connectivity index (χ4v) is 4.49. The summed E-state index contributed by atoms with van der Waals surface area (Å²) in [6.45, 7) is 4.46. The first-order valence-corrected chi connectivity index (χ1v) is 11.2. The summed E-state index contributed by atoms with van der Waals surface area (Å²) in [5, 5.41) is 2.76. The van der Waals surface area contributed by atoms with E-state index in [-0.39, 0.29) is 23.2 Å². The van der Waals surface area contributed by atoms with Crippen LogP contribution < -0.4 is 5.32 Å². The third-order valence-corrected chi connectivity index (χ3v) is 6.82. The normalized spacial score (nSPS) is 11.5. The van der Waals surface area contributed by atoms with Crippen molar-refractivity contribution >= 4 is 15.9 Å². The van der Waals surface area contributed by atoms with E-state index in [1.54, 1.807) is 32.0 Å². The zero-order valence-corrected chi connectivity index (χ0v) is 18.1. The van der Waals surface area contributed by atoms with E-state index in [0.29, 0.717) is 30.0 Å². The lowest BCUT2D eigenvalue weighted by molar-refractivity contribution is 0.0950. The van der Waals surface area contributed by atoms with E-state index in [1.807, 2.05) is 0 Å². The van der Waals surface area contributed by atoms with Gasteiger partial charge in [0, 0.05) is 24.2 Å². The number of amides is 1. The van der Waals surface area contributed by atoms with Gasteiger partial charge in [-0.3, -0.25) is 4.79 Å². The SMILES string of the molecule is CCN(CC)S(=O)(=O)c1ccc(C(=O)NCc2cc(-c3ccc(F)cc3)ncn2)cc1. The van der Waals surface area contributed by atoms with E-state index in [2.05, 4.69) is 15.3 Å². The third-order valence-electron chi connectivity index (χ3n) is 4.75. The third kappa shape index (κ3) is 5.31. The van der Waals surface area contributed by atoms with Crippen molar-refractivity contribution in [3.63, 3.8) is 0 Å². The van der Waals surface area contributed by atoms with Crippen LogP contribution in [-0.2, 0) is 16.6 Å². The van der Waals surface area contributed by atoms with E-state index in [4.69, 9.17) is 0 Å². The Bertz CT molecular complexity index is 1150. The second-order valence-electron chi connectivity index (χ2n) is 6.70. The van der Waals surface area contributed by atoms with Gasteiger partial charge in [-0.25, -0.2) is 22.8 Å². The first kappa shape index (κ1) is 22.5. The molecule has 1 heterocycles. The molecule has 0 unspecified atom stereocenters. The van der Waals surface area contributed by atoms with Crippen LogP contribution in [0, 0.1) is 5.82 Å². The van der Waals surface area contributed by atoms with Crippen LogP contribution in [0.3, 0.4) is 0 Å². The first-order valence-electron chi connectivity index (χ1n) is 9.80. The molecule has 0 saturated carbocycles. The quantitative estimate of drug-likeness (QED) is 0.578. The molecule has 0 aliphatic rings. The largest absolute Gasteiger partial charge is 0.346 e. The standard InChI is InChI=1S/C22H23FN4O3S/c1-3-27(4-2)31(29,30)20-11-7-17(8-12-20)22(28)24-14-19-13-21(26-15-25-19)16-5-9-18(23)10-6-16/h5-13,15H,3-4,14H2,1-2H3,(H,24,28). The summed E-state index contributed by atoms with van der Waals surface area (Å²) < 4.78 is 39.5. The van der Waals surface area contributed by atoms with Crippen LogP contribution in [0.4, 0.5) is 4.39 Å². The molecule has 0 fully saturated rings. The zero-order chi connectivity index (χ0) is 22.4. The fraction of sp³-hybridized carbons (Fsp3) is 0.227. The number of nitrogens with zero attached hydrogens (tertiary/aromatic N) is 3. The topological polar surface area (TPSA) is 92.3 Å². The number of rotatable bonds is 8. The second-order valence-corrected chi connectivity index (χ2v) is 8.64. The highest BCUT2D eigenvalue weighted by molar-refractivity contribution is 7.89. The molecule has 162 valence electrons. The van der Waals surface area contributed by atoms with Gasteiger partial charge in [0.2, 0.25) is 10.0 Å². The fourth-order valence-electron chi connectivity index (χ4n) is 3.04. The van der Waals surface area contributed by atoms with E-state index in [9.17, 15) is 17.6 Å². The van der Waals surface area contributed by atoms with Crippen LogP contribution in [0.15, 0.2) is 65.8 Å². The molecule has 3 rings (SSSR count). The smallest absolute Gasteiger partial charge is 0.251 e. The van der Waals surface area contributed by atoms with Crippen LogP contribution in [0.5, 0.6) is 0 Å². The van der Waals surface area contributed by atoms with Crippen molar-refractivity contribution < 1.29 is 17.6 Å². The summed E-state index contributed by atoms with van der Waals surface area (Å²) in [5.74, 6) is -0.685. The molecule has 31 heavy (non-hydrogen) atoms. The Balaban J connectivity index is 1.67. The molecule has 1 amide bonds. The number of hydrogen-bond donors (Lipinski definition) is 1. The van der Waals surface area contributed by atoms with Crippen molar-refractivity contribution in [2.24, 2.45) is 0 Å². The molecule has 0 spiro atoms. The minimum atomic E-state index is -3.57. The second kappa shape index (κ2) is 9.76. The van der Waals surface area contributed by atoms with Gasteiger partial charge in [-0.15, -0.1) is 0 Å². The number of hydrogen-bond acceptors (Lipinski definition) is 5. The number of aromatic nitrogens is 2. The van der Waals surface area contributed by atoms with E-state index in [0.717, 1.165) is 5.56 Å². The van der Waals surface area contributed by atoms with Gasteiger partial charge in [-0.1, -0.05) is 13.8 Å². The molecule has 9 heteroatoms. The maximum atomic E-state index is 13.1. The van der Waals surface area contributed by atoms with Crippen molar-refractivity contribution in [3.05, 3.63) is 78.0 Å². The molecule has 7 nitrogen and oxygen atoms in total. The molecule has 0 bridgehead atoms. The molecular formula is C22H23FN4O3S. The number of benzene rings is 2. The summed E-state index contributed by atoms with van der Waals surface area (Å²) in [4.78, 5) is 20.9. The van der Waals surface area contributed by atoms with Gasteiger partial charge in [0.25, 0.3) is 5.91 Å². The van der Waals surface area contributed by atoms with Crippen LogP contribution in [0.2, 0.25) is 0 Å². The van der Waals surface area contributed by atoms with Crippen LogP contribution in [0.1, 0.15) is 29.9 Å². The summed E-state index contributed by atoms with van der Waals surface area (Å²) >= 11 is 0. The lowest BCUT2D eigenvalue weighted by atomic mass is 10.1. The Morgan fingerprint density at radius 1 is 1.00 bits per heavy atom. The Kier molecular flexibility index (Phi) is 7.09. The first-order chi connectivity index (χ1) is 14.8. The van der Waals surface area contributed by atoms with Gasteiger partial charge in [-0.05, 0) is 54.6 Å². The number of nitrogens with one attached hydrogen (secondary N) is 1. The molecule has 0 radical (unpaired) electrons. The summed E-state index contributed by atoms with van der Waals surface area (Å²) in [5.41, 5.74) is 2.28. The Morgan fingerprint density at radius 3 is 2.26 bits per heavy atom. The van der Waals surface area contributed by atoms with Crippen LogP contribution >= 0.6 is 0 Å². The van der Waals surface area contributed by atoms with Gasteiger partial charge >= 0.3 is 0 Å². The van der Waals surface area contributed by atoms with Gasteiger partial charge in [0.05, 0.1) is 22.8 Å². The van der Waals surface area contributed by atoms with Crippen molar-refractivity contribution in [1.82, 2.24) is 19.6 Å². The van der Waals surface area contributed by atoms with Crippen molar-refractivity contribution in [2.45, 2.75) is 25.3 Å². The Morgan fingerprint density at radius 2 is 1.65 bits per heavy atom. The molecule has 0 saturated heterocycles. The molecule has 0 aliphatic heterocycles. The summed E-state index contributed by atoms with van der Waals surface area (Å²) in [6, 6.07) is 13.5. The highest BCUT2D eigenvalue weighted by Crippen LogP contribution is 2.18. The van der Waals surface area contributed by atoms with E-state index >= 15 is 0 Å². The predicted molar refractivity (Wildman–Crippen MR) is 115 cm³/mol.